The van der Waals surface area contributed by atoms with Crippen molar-refractivity contribution < 1.29 is 34.1 Å². The predicted octanol–water partition coefficient (Wildman–Crippen LogP) is 2.20. The summed E-state index contributed by atoms with van der Waals surface area (Å²) >= 11 is 0. The van der Waals surface area contributed by atoms with E-state index in [4.69, 9.17) is 9.47 Å². The number of hydrogen-bond donors (Lipinski definition) is 3. The molecule has 202 valence electrons. The summed E-state index contributed by atoms with van der Waals surface area (Å²) in [5.41, 5.74) is 1.27. The van der Waals surface area contributed by atoms with Crippen LogP contribution in [0.2, 0.25) is 0 Å². The van der Waals surface area contributed by atoms with Crippen molar-refractivity contribution in [1.82, 2.24) is 10.2 Å². The van der Waals surface area contributed by atoms with Crippen LogP contribution in [0.4, 0.5) is 0 Å². The fourth-order valence-corrected chi connectivity index (χ4v) is 5.90. The zero-order valence-corrected chi connectivity index (χ0v) is 21.8. The van der Waals surface area contributed by atoms with Crippen LogP contribution in [0.1, 0.15) is 67.8 Å². The Morgan fingerprint density at radius 3 is 2.59 bits per heavy atom. The van der Waals surface area contributed by atoms with E-state index in [9.17, 15) is 24.6 Å². The summed E-state index contributed by atoms with van der Waals surface area (Å²) < 4.78 is 11.7. The maximum atomic E-state index is 13.5. The summed E-state index contributed by atoms with van der Waals surface area (Å²) in [6.45, 7) is 4.00. The summed E-state index contributed by atoms with van der Waals surface area (Å²) in [6, 6.07) is 2.44. The number of ether oxygens (including phenoxy) is 2. The number of benzene rings is 1. The zero-order chi connectivity index (χ0) is 26.7. The van der Waals surface area contributed by atoms with Gasteiger partial charge < -0.3 is 29.9 Å². The number of methoxy groups -OCH3 is 1. The smallest absolute Gasteiger partial charge is 0.247 e. The zero-order valence-electron chi connectivity index (χ0n) is 21.8. The molecule has 4 atom stereocenters. The Morgan fingerprint density at radius 1 is 1.24 bits per heavy atom. The van der Waals surface area contributed by atoms with Gasteiger partial charge in [0, 0.05) is 35.7 Å². The van der Waals surface area contributed by atoms with Crippen LogP contribution in [0.3, 0.4) is 0 Å². The van der Waals surface area contributed by atoms with Crippen LogP contribution < -0.4 is 14.8 Å². The number of nitrogens with zero attached hydrogens (tertiary/aromatic N) is 1. The van der Waals surface area contributed by atoms with Crippen molar-refractivity contribution in [2.75, 3.05) is 26.8 Å². The lowest BCUT2D eigenvalue weighted by molar-refractivity contribution is -0.141. The van der Waals surface area contributed by atoms with Gasteiger partial charge in [0.1, 0.15) is 18.5 Å². The van der Waals surface area contributed by atoms with Gasteiger partial charge in [0.25, 0.3) is 0 Å². The highest BCUT2D eigenvalue weighted by molar-refractivity contribution is 5.96. The van der Waals surface area contributed by atoms with E-state index in [1.54, 1.807) is 23.1 Å². The molecule has 9 heteroatoms. The first-order valence-corrected chi connectivity index (χ1v) is 13.2. The highest BCUT2D eigenvalue weighted by Crippen LogP contribution is 2.51. The topological polar surface area (TPSA) is 125 Å². The summed E-state index contributed by atoms with van der Waals surface area (Å²) in [7, 11) is 1.46. The van der Waals surface area contributed by atoms with Crippen molar-refractivity contribution in [2.24, 2.45) is 11.8 Å². The molecular weight excluding hydrogens is 476 g/mol. The second kappa shape index (κ2) is 11.6. The minimum absolute atomic E-state index is 0.0584. The summed E-state index contributed by atoms with van der Waals surface area (Å²) in [4.78, 5) is 40.1. The predicted molar refractivity (Wildman–Crippen MR) is 137 cm³/mol. The number of aliphatic hydroxyl groups excluding tert-OH is 2. The normalized spacial score (nSPS) is 25.0. The fourth-order valence-electron chi connectivity index (χ4n) is 5.90. The second-order valence-electron chi connectivity index (χ2n) is 10.6. The molecule has 9 nitrogen and oxygen atoms in total. The Balaban J connectivity index is 1.79. The number of aliphatic hydroxyl groups is 2. The van der Waals surface area contributed by atoms with E-state index in [0.29, 0.717) is 46.9 Å². The number of rotatable bonds is 9. The number of carbonyl (C=O) groups is 3. The van der Waals surface area contributed by atoms with Crippen LogP contribution >= 0.6 is 0 Å². The van der Waals surface area contributed by atoms with Gasteiger partial charge in [0.15, 0.2) is 11.5 Å². The van der Waals surface area contributed by atoms with E-state index in [2.05, 4.69) is 5.32 Å². The number of fused-ring (bicyclic) bond motifs is 3. The van der Waals surface area contributed by atoms with E-state index in [1.807, 2.05) is 13.8 Å². The molecule has 2 aliphatic carbocycles. The molecule has 1 aromatic rings. The van der Waals surface area contributed by atoms with Gasteiger partial charge in [-0.3, -0.25) is 14.4 Å². The average Bonchev–Trinajstić information content (AvgIpc) is 3.30. The van der Waals surface area contributed by atoms with Gasteiger partial charge in [0.2, 0.25) is 11.8 Å². The van der Waals surface area contributed by atoms with Crippen LogP contribution in [-0.2, 0) is 9.59 Å². The Hall–Kier alpha value is -2.91. The Kier molecular flexibility index (Phi) is 8.54. The van der Waals surface area contributed by atoms with Gasteiger partial charge >= 0.3 is 0 Å². The number of hydrogen-bond acceptors (Lipinski definition) is 7. The van der Waals surface area contributed by atoms with Crippen LogP contribution in [0, 0.1) is 11.8 Å². The van der Waals surface area contributed by atoms with Crippen LogP contribution in [0.5, 0.6) is 11.5 Å². The lowest BCUT2D eigenvalue weighted by Gasteiger charge is -2.42. The number of nitrogens with one attached hydrogen (secondary N) is 1. The van der Waals surface area contributed by atoms with Crippen molar-refractivity contribution in [3.05, 3.63) is 34.9 Å². The lowest BCUT2D eigenvalue weighted by Crippen LogP contribution is -2.57. The van der Waals surface area contributed by atoms with Gasteiger partial charge in [-0.05, 0) is 37.0 Å². The monoisotopic (exact) mass is 514 g/mol. The molecule has 4 unspecified atom stereocenters. The Bertz CT molecular complexity index is 1050. The fraction of sp³-hybridized carbons (Fsp3) is 0.607. The van der Waals surface area contributed by atoms with Gasteiger partial charge in [-0.15, -0.1) is 0 Å². The van der Waals surface area contributed by atoms with Gasteiger partial charge in [-0.2, -0.15) is 0 Å². The Morgan fingerprint density at radius 2 is 1.97 bits per heavy atom. The maximum Gasteiger partial charge on any atom is 0.247 e. The third kappa shape index (κ3) is 5.38. The van der Waals surface area contributed by atoms with E-state index in [0.717, 1.165) is 25.7 Å². The Labute approximate surface area is 217 Å². The van der Waals surface area contributed by atoms with E-state index in [1.165, 1.54) is 13.5 Å². The molecule has 2 amide bonds. The number of aldehydes is 1. The first-order chi connectivity index (χ1) is 17.8. The largest absolute Gasteiger partial charge is 0.493 e. The molecule has 4 rings (SSSR count). The highest BCUT2D eigenvalue weighted by Gasteiger charge is 2.51. The lowest BCUT2D eigenvalue weighted by atomic mass is 9.76. The molecule has 1 saturated carbocycles. The van der Waals surface area contributed by atoms with Crippen LogP contribution in [-0.4, -0.2) is 78.3 Å². The van der Waals surface area contributed by atoms with Crippen LogP contribution in [0.25, 0.3) is 0 Å². The van der Waals surface area contributed by atoms with Gasteiger partial charge in [-0.25, -0.2) is 0 Å². The second-order valence-corrected chi connectivity index (χ2v) is 10.6. The summed E-state index contributed by atoms with van der Waals surface area (Å²) in [5, 5.41) is 23.7. The molecule has 1 aliphatic heterocycles. The first kappa shape index (κ1) is 27.1. The molecular formula is C28H38N2O7. The quantitative estimate of drug-likeness (QED) is 0.432. The van der Waals surface area contributed by atoms with Crippen molar-refractivity contribution in [2.45, 2.75) is 70.1 Å². The maximum absolute atomic E-state index is 13.5. The minimum Gasteiger partial charge on any atom is -0.493 e. The minimum atomic E-state index is -1.11. The van der Waals surface area contributed by atoms with Crippen molar-refractivity contribution in [1.29, 1.82) is 0 Å². The molecule has 0 radical (unpaired) electrons. The molecule has 1 heterocycles. The first-order valence-electron chi connectivity index (χ1n) is 13.2. The van der Waals surface area contributed by atoms with Crippen molar-refractivity contribution >= 4 is 18.1 Å². The van der Waals surface area contributed by atoms with Crippen LogP contribution in [0.15, 0.2) is 23.8 Å². The third-order valence-corrected chi connectivity index (χ3v) is 7.73. The van der Waals surface area contributed by atoms with Gasteiger partial charge in [-0.1, -0.05) is 33.1 Å². The average molecular weight is 515 g/mol. The molecule has 3 aliphatic rings. The molecule has 1 fully saturated rings. The van der Waals surface area contributed by atoms with E-state index < -0.39 is 30.1 Å². The molecule has 37 heavy (non-hydrogen) atoms. The molecule has 0 saturated heterocycles. The number of amides is 2. The molecule has 0 aromatic heterocycles. The summed E-state index contributed by atoms with van der Waals surface area (Å²) in [5.74, 6) is -0.413. The van der Waals surface area contributed by atoms with Crippen molar-refractivity contribution in [3.8, 4) is 11.5 Å². The molecule has 3 N–H and O–H groups in total. The van der Waals surface area contributed by atoms with Crippen molar-refractivity contribution in [3.63, 3.8) is 0 Å². The molecule has 0 spiro atoms. The standard InChI is InChI=1S/C28H38N2O7/c1-16(2)28(35)30(14-17-7-5-4-6-8-17)21-13-20(27(34)29-9-10-31)23-19-11-18(15-32)12-22(36-3)25(19)37-26(23)24(21)33/h11-13,15-17,21,23-24,26,31,33H,4-10,14H2,1-3H3,(H,29,34). The molecule has 1 aromatic carbocycles. The van der Waals surface area contributed by atoms with Gasteiger partial charge in [0.05, 0.1) is 25.7 Å². The summed E-state index contributed by atoms with van der Waals surface area (Å²) in [6.07, 6.45) is 5.89. The highest BCUT2D eigenvalue weighted by atomic mass is 16.5. The third-order valence-electron chi connectivity index (χ3n) is 7.73. The van der Waals surface area contributed by atoms with E-state index in [-0.39, 0.29) is 25.0 Å². The molecule has 0 bridgehead atoms. The SMILES string of the molecule is COc1cc(C=O)cc2c1OC1C2C(C(=O)NCCO)=CC(N(CC2CCCCC2)C(=O)C(C)C)C1O. The van der Waals surface area contributed by atoms with E-state index >= 15 is 0 Å². The number of carbonyl (C=O) groups excluding carboxylic acids is 3.